The second-order valence-corrected chi connectivity index (χ2v) is 8.42. The van der Waals surface area contributed by atoms with E-state index < -0.39 is 0 Å². The van der Waals surface area contributed by atoms with Crippen LogP contribution in [0.25, 0.3) is 10.9 Å². The van der Waals surface area contributed by atoms with Crippen molar-refractivity contribution in [3.63, 3.8) is 0 Å². The van der Waals surface area contributed by atoms with Gasteiger partial charge in [0.25, 0.3) is 5.91 Å². The van der Waals surface area contributed by atoms with E-state index in [-0.39, 0.29) is 18.3 Å². The molecule has 2 aliphatic rings. The highest BCUT2D eigenvalue weighted by Crippen LogP contribution is 2.30. The number of benzene rings is 2. The fourth-order valence-corrected chi connectivity index (χ4v) is 4.83. The molecule has 1 aliphatic carbocycles. The van der Waals surface area contributed by atoms with Gasteiger partial charge in [0, 0.05) is 54.9 Å². The summed E-state index contributed by atoms with van der Waals surface area (Å²) in [6.45, 7) is 4.61. The number of fused-ring (bicyclic) bond motifs is 3. The van der Waals surface area contributed by atoms with E-state index in [0.717, 1.165) is 57.5 Å². The first-order chi connectivity index (χ1) is 14.3. The molecule has 1 aromatic heterocycles. The van der Waals surface area contributed by atoms with Crippen LogP contribution in [0.1, 0.15) is 40.0 Å². The third-order valence-electron chi connectivity index (χ3n) is 6.56. The standard InChI is InChI=1S/C25H29N3O.ClH/c29-25(20-10-11-24-22(18-20)21-8-4-5-9-23(21)26-24)28-16-14-27(15-17-28)13-12-19-6-2-1-3-7-19;/h1-3,6-7,10-11,18,26H,4-5,8-9,12-17H2;1H. The highest BCUT2D eigenvalue weighted by atomic mass is 35.5. The van der Waals surface area contributed by atoms with E-state index >= 15 is 0 Å². The maximum Gasteiger partial charge on any atom is 0.253 e. The number of aryl methyl sites for hydroxylation is 2. The van der Waals surface area contributed by atoms with Gasteiger partial charge in [0.15, 0.2) is 0 Å². The van der Waals surface area contributed by atoms with Gasteiger partial charge in [0.2, 0.25) is 0 Å². The van der Waals surface area contributed by atoms with Crippen LogP contribution < -0.4 is 0 Å². The Hall–Kier alpha value is -2.30. The predicted molar refractivity (Wildman–Crippen MR) is 125 cm³/mol. The van der Waals surface area contributed by atoms with Crippen LogP contribution in [0.5, 0.6) is 0 Å². The summed E-state index contributed by atoms with van der Waals surface area (Å²) in [4.78, 5) is 21.2. The molecule has 158 valence electrons. The number of carbonyl (C=O) groups excluding carboxylic acids is 1. The molecule has 0 unspecified atom stereocenters. The van der Waals surface area contributed by atoms with E-state index in [9.17, 15) is 4.79 Å². The van der Waals surface area contributed by atoms with Crippen LogP contribution in [-0.2, 0) is 19.3 Å². The lowest BCUT2D eigenvalue weighted by Crippen LogP contribution is -2.49. The largest absolute Gasteiger partial charge is 0.358 e. The summed E-state index contributed by atoms with van der Waals surface area (Å²) in [5, 5.41) is 1.26. The number of nitrogens with zero attached hydrogens (tertiary/aromatic N) is 2. The van der Waals surface area contributed by atoms with E-state index in [1.54, 1.807) is 0 Å². The second kappa shape index (κ2) is 9.23. The molecule has 0 bridgehead atoms. The topological polar surface area (TPSA) is 39.3 Å². The fraction of sp³-hybridized carbons (Fsp3) is 0.400. The molecule has 5 rings (SSSR count). The monoisotopic (exact) mass is 423 g/mol. The molecule has 1 aliphatic heterocycles. The number of aromatic amines is 1. The number of halogens is 1. The first-order valence-corrected chi connectivity index (χ1v) is 11.0. The Morgan fingerprint density at radius 1 is 0.933 bits per heavy atom. The lowest BCUT2D eigenvalue weighted by molar-refractivity contribution is 0.0638. The van der Waals surface area contributed by atoms with Gasteiger partial charge in [-0.25, -0.2) is 0 Å². The summed E-state index contributed by atoms with van der Waals surface area (Å²) in [7, 11) is 0. The zero-order valence-corrected chi connectivity index (χ0v) is 18.2. The molecular weight excluding hydrogens is 394 g/mol. The number of aromatic nitrogens is 1. The summed E-state index contributed by atoms with van der Waals surface area (Å²) in [5.74, 6) is 0.181. The smallest absolute Gasteiger partial charge is 0.253 e. The van der Waals surface area contributed by atoms with Crippen molar-refractivity contribution in [1.82, 2.24) is 14.8 Å². The van der Waals surface area contributed by atoms with Gasteiger partial charge >= 0.3 is 0 Å². The Morgan fingerprint density at radius 2 is 1.70 bits per heavy atom. The predicted octanol–water partition coefficient (Wildman–Crippen LogP) is 4.47. The molecule has 0 saturated carbocycles. The molecule has 2 aromatic carbocycles. The van der Waals surface area contributed by atoms with Gasteiger partial charge in [0.05, 0.1) is 0 Å². The van der Waals surface area contributed by atoms with E-state index in [0.29, 0.717) is 0 Å². The number of amides is 1. The minimum Gasteiger partial charge on any atom is -0.358 e. The molecule has 1 N–H and O–H groups in total. The number of hydrogen-bond donors (Lipinski definition) is 1. The van der Waals surface area contributed by atoms with Crippen LogP contribution in [0.15, 0.2) is 48.5 Å². The van der Waals surface area contributed by atoms with Gasteiger partial charge in [0.1, 0.15) is 0 Å². The Balaban J connectivity index is 0.00000218. The highest BCUT2D eigenvalue weighted by molar-refractivity contribution is 5.99. The average Bonchev–Trinajstić information content (AvgIpc) is 3.16. The summed E-state index contributed by atoms with van der Waals surface area (Å²) in [6, 6.07) is 16.9. The van der Waals surface area contributed by atoms with Crippen molar-refractivity contribution in [1.29, 1.82) is 0 Å². The quantitative estimate of drug-likeness (QED) is 0.672. The van der Waals surface area contributed by atoms with Gasteiger partial charge in [-0.3, -0.25) is 9.69 Å². The molecule has 1 saturated heterocycles. The number of hydrogen-bond acceptors (Lipinski definition) is 2. The van der Waals surface area contributed by atoms with Gasteiger partial charge in [-0.2, -0.15) is 0 Å². The number of nitrogens with one attached hydrogen (secondary N) is 1. The molecule has 0 radical (unpaired) electrons. The minimum atomic E-state index is 0. The van der Waals surface area contributed by atoms with Crippen LogP contribution >= 0.6 is 12.4 Å². The maximum atomic E-state index is 13.1. The van der Waals surface area contributed by atoms with E-state index in [2.05, 4.69) is 52.3 Å². The third-order valence-corrected chi connectivity index (χ3v) is 6.56. The van der Waals surface area contributed by atoms with Crippen LogP contribution in [0.4, 0.5) is 0 Å². The maximum absolute atomic E-state index is 13.1. The van der Waals surface area contributed by atoms with E-state index in [4.69, 9.17) is 0 Å². The zero-order chi connectivity index (χ0) is 19.6. The van der Waals surface area contributed by atoms with Crippen molar-refractivity contribution in [3.8, 4) is 0 Å². The molecular formula is C25H30ClN3O. The Kier molecular flexibility index (Phi) is 6.45. The Morgan fingerprint density at radius 3 is 2.50 bits per heavy atom. The highest BCUT2D eigenvalue weighted by Gasteiger charge is 2.23. The Bertz CT molecular complexity index is 1010. The molecule has 4 nitrogen and oxygen atoms in total. The molecule has 3 aromatic rings. The molecule has 5 heteroatoms. The molecule has 30 heavy (non-hydrogen) atoms. The first kappa shape index (κ1) is 21.0. The number of piperazine rings is 1. The van der Waals surface area contributed by atoms with Crippen molar-refractivity contribution < 1.29 is 4.79 Å². The number of H-pyrrole nitrogens is 1. The van der Waals surface area contributed by atoms with Gasteiger partial charge in [-0.1, -0.05) is 30.3 Å². The van der Waals surface area contributed by atoms with E-state index in [1.165, 1.54) is 40.6 Å². The van der Waals surface area contributed by atoms with Gasteiger partial charge < -0.3 is 9.88 Å². The van der Waals surface area contributed by atoms with Crippen molar-refractivity contribution in [3.05, 3.63) is 70.9 Å². The van der Waals surface area contributed by atoms with Gasteiger partial charge in [-0.15, -0.1) is 12.4 Å². The third kappa shape index (κ3) is 4.26. The van der Waals surface area contributed by atoms with Crippen LogP contribution in [0, 0.1) is 0 Å². The number of carbonyl (C=O) groups is 1. The lowest BCUT2D eigenvalue weighted by Gasteiger charge is -2.34. The summed E-state index contributed by atoms with van der Waals surface area (Å²) in [5.41, 5.74) is 6.21. The van der Waals surface area contributed by atoms with Gasteiger partial charge in [-0.05, 0) is 61.4 Å². The molecule has 1 fully saturated rings. The molecule has 2 heterocycles. The summed E-state index contributed by atoms with van der Waals surface area (Å²) < 4.78 is 0. The van der Waals surface area contributed by atoms with Crippen LogP contribution in [0.2, 0.25) is 0 Å². The second-order valence-electron chi connectivity index (χ2n) is 8.42. The van der Waals surface area contributed by atoms with Crippen molar-refractivity contribution in [2.75, 3.05) is 32.7 Å². The SMILES string of the molecule is Cl.O=C(c1ccc2[nH]c3c(c2c1)CCCC3)N1CCN(CCc2ccccc2)CC1. The number of rotatable bonds is 4. The first-order valence-electron chi connectivity index (χ1n) is 11.0. The molecule has 0 spiro atoms. The van der Waals surface area contributed by atoms with E-state index in [1.807, 2.05) is 11.0 Å². The fourth-order valence-electron chi connectivity index (χ4n) is 4.83. The van der Waals surface area contributed by atoms with Crippen LogP contribution in [0.3, 0.4) is 0 Å². The summed E-state index contributed by atoms with van der Waals surface area (Å²) in [6.07, 6.45) is 5.86. The molecule has 0 atom stereocenters. The normalized spacial score (nSPS) is 16.9. The lowest BCUT2D eigenvalue weighted by atomic mass is 9.95. The van der Waals surface area contributed by atoms with Crippen molar-refractivity contribution in [2.45, 2.75) is 32.1 Å². The zero-order valence-electron chi connectivity index (χ0n) is 17.4. The minimum absolute atomic E-state index is 0. The molecule has 1 amide bonds. The summed E-state index contributed by atoms with van der Waals surface area (Å²) >= 11 is 0. The van der Waals surface area contributed by atoms with Crippen LogP contribution in [-0.4, -0.2) is 53.4 Å². The van der Waals surface area contributed by atoms with Crippen molar-refractivity contribution in [2.24, 2.45) is 0 Å². The van der Waals surface area contributed by atoms with Crippen molar-refractivity contribution >= 4 is 29.2 Å². The average molecular weight is 424 g/mol. The Labute approximate surface area is 184 Å².